The van der Waals surface area contributed by atoms with Crippen molar-refractivity contribution in [3.05, 3.63) is 0 Å². The van der Waals surface area contributed by atoms with Crippen LogP contribution in [-0.2, 0) is 0 Å². The van der Waals surface area contributed by atoms with Gasteiger partial charge in [0, 0.05) is 6.54 Å². The first-order valence-corrected chi connectivity index (χ1v) is 5.29. The van der Waals surface area contributed by atoms with E-state index in [-0.39, 0.29) is 0 Å². The number of unbranched alkanes of at least 4 members (excludes halogenated alkanes) is 1. The highest BCUT2D eigenvalue weighted by molar-refractivity contribution is 4.74. The van der Waals surface area contributed by atoms with E-state index in [1.807, 2.05) is 0 Å². The van der Waals surface area contributed by atoms with Gasteiger partial charge in [-0.15, -0.1) is 0 Å². The average Bonchev–Trinajstić information content (AvgIpc) is 2.53. The molecule has 2 nitrogen and oxygen atoms in total. The lowest BCUT2D eigenvalue weighted by molar-refractivity contribution is 0.316. The van der Waals surface area contributed by atoms with E-state index in [1.54, 1.807) is 0 Å². The van der Waals surface area contributed by atoms with Crippen LogP contribution in [0.2, 0.25) is 0 Å². The van der Waals surface area contributed by atoms with Gasteiger partial charge in [-0.3, -0.25) is 0 Å². The molecule has 0 amide bonds. The fourth-order valence-electron chi connectivity index (χ4n) is 1.93. The molecule has 1 unspecified atom stereocenters. The van der Waals surface area contributed by atoms with Crippen molar-refractivity contribution in [2.45, 2.75) is 32.6 Å². The third kappa shape index (κ3) is 3.11. The highest BCUT2D eigenvalue weighted by Crippen LogP contribution is 2.18. The van der Waals surface area contributed by atoms with Gasteiger partial charge >= 0.3 is 0 Å². The van der Waals surface area contributed by atoms with E-state index < -0.39 is 0 Å². The second-order valence-corrected chi connectivity index (χ2v) is 3.86. The molecular weight excluding hydrogens is 148 g/mol. The molecule has 1 atom stereocenters. The first kappa shape index (κ1) is 10.0. The lowest BCUT2D eigenvalue weighted by Crippen LogP contribution is -2.22. The zero-order valence-corrected chi connectivity index (χ0v) is 8.26. The summed E-state index contributed by atoms with van der Waals surface area (Å²) < 4.78 is 0. The summed E-state index contributed by atoms with van der Waals surface area (Å²) >= 11 is 0. The molecule has 72 valence electrons. The van der Waals surface area contributed by atoms with Crippen LogP contribution in [0, 0.1) is 5.92 Å². The standard InChI is InChI=1S/C10H22N2/c1-2-10-5-8-12(9-10)7-4-3-6-11/h10H,2-9,11H2,1H3. The van der Waals surface area contributed by atoms with E-state index in [0.29, 0.717) is 0 Å². The summed E-state index contributed by atoms with van der Waals surface area (Å²) in [6, 6.07) is 0. The van der Waals surface area contributed by atoms with Gasteiger partial charge in [-0.25, -0.2) is 0 Å². The molecule has 0 bridgehead atoms. The van der Waals surface area contributed by atoms with Gasteiger partial charge in [-0.1, -0.05) is 13.3 Å². The van der Waals surface area contributed by atoms with Gasteiger partial charge in [0.05, 0.1) is 0 Å². The summed E-state index contributed by atoms with van der Waals surface area (Å²) in [6.45, 7) is 7.08. The SMILES string of the molecule is CCC1CCN(CCCCN)C1. The molecule has 1 heterocycles. The fourth-order valence-corrected chi connectivity index (χ4v) is 1.93. The molecule has 2 N–H and O–H groups in total. The van der Waals surface area contributed by atoms with E-state index in [0.717, 1.165) is 12.5 Å². The highest BCUT2D eigenvalue weighted by atomic mass is 15.1. The Morgan fingerprint density at radius 3 is 2.83 bits per heavy atom. The molecular formula is C10H22N2. The first-order chi connectivity index (χ1) is 5.86. The largest absolute Gasteiger partial charge is 0.330 e. The summed E-state index contributed by atoms with van der Waals surface area (Å²) in [5, 5.41) is 0. The third-order valence-electron chi connectivity index (χ3n) is 2.88. The van der Waals surface area contributed by atoms with Crippen LogP contribution in [-0.4, -0.2) is 31.1 Å². The first-order valence-electron chi connectivity index (χ1n) is 5.29. The second-order valence-electron chi connectivity index (χ2n) is 3.86. The van der Waals surface area contributed by atoms with E-state index in [4.69, 9.17) is 5.73 Å². The molecule has 1 aliphatic heterocycles. The van der Waals surface area contributed by atoms with Crippen molar-refractivity contribution in [3.63, 3.8) is 0 Å². The maximum atomic E-state index is 5.45. The molecule has 1 saturated heterocycles. The minimum absolute atomic E-state index is 0.852. The Morgan fingerprint density at radius 2 is 2.25 bits per heavy atom. The Bertz CT molecular complexity index is 114. The van der Waals surface area contributed by atoms with Crippen LogP contribution < -0.4 is 5.73 Å². The molecule has 0 aromatic rings. The Kier molecular flexibility index (Phi) is 4.62. The normalized spacial score (nSPS) is 25.0. The lowest BCUT2D eigenvalue weighted by Gasteiger charge is -2.14. The molecule has 1 aliphatic rings. The number of rotatable bonds is 5. The molecule has 0 aromatic heterocycles. The summed E-state index contributed by atoms with van der Waals surface area (Å²) in [7, 11) is 0. The zero-order chi connectivity index (χ0) is 8.81. The maximum Gasteiger partial charge on any atom is 0.00100 e. The van der Waals surface area contributed by atoms with Crippen LogP contribution in [0.15, 0.2) is 0 Å². The van der Waals surface area contributed by atoms with Gasteiger partial charge in [-0.05, 0) is 44.8 Å². The van der Waals surface area contributed by atoms with Crippen LogP contribution in [0.25, 0.3) is 0 Å². The lowest BCUT2D eigenvalue weighted by atomic mass is 10.1. The Hall–Kier alpha value is -0.0800. The van der Waals surface area contributed by atoms with E-state index in [1.165, 1.54) is 45.3 Å². The number of hydrogen-bond donors (Lipinski definition) is 1. The molecule has 12 heavy (non-hydrogen) atoms. The van der Waals surface area contributed by atoms with E-state index in [2.05, 4.69) is 11.8 Å². The molecule has 2 heteroatoms. The van der Waals surface area contributed by atoms with Crippen LogP contribution in [0.3, 0.4) is 0 Å². The van der Waals surface area contributed by atoms with Crippen LogP contribution in [0.1, 0.15) is 32.6 Å². The van der Waals surface area contributed by atoms with Crippen molar-refractivity contribution in [2.75, 3.05) is 26.2 Å². The number of hydrogen-bond acceptors (Lipinski definition) is 2. The van der Waals surface area contributed by atoms with Gasteiger partial charge in [0.15, 0.2) is 0 Å². The number of nitrogens with zero attached hydrogens (tertiary/aromatic N) is 1. The Morgan fingerprint density at radius 1 is 1.42 bits per heavy atom. The Balaban J connectivity index is 2.03. The van der Waals surface area contributed by atoms with Gasteiger partial charge in [0.2, 0.25) is 0 Å². The van der Waals surface area contributed by atoms with Crippen LogP contribution >= 0.6 is 0 Å². The van der Waals surface area contributed by atoms with Gasteiger partial charge < -0.3 is 10.6 Å². The third-order valence-corrected chi connectivity index (χ3v) is 2.88. The van der Waals surface area contributed by atoms with Crippen molar-refractivity contribution < 1.29 is 0 Å². The molecule has 0 aliphatic carbocycles. The van der Waals surface area contributed by atoms with Crippen molar-refractivity contribution in [1.82, 2.24) is 4.90 Å². The van der Waals surface area contributed by atoms with Gasteiger partial charge in [0.1, 0.15) is 0 Å². The molecule has 0 spiro atoms. The minimum Gasteiger partial charge on any atom is -0.330 e. The van der Waals surface area contributed by atoms with Gasteiger partial charge in [-0.2, -0.15) is 0 Å². The quantitative estimate of drug-likeness (QED) is 0.633. The van der Waals surface area contributed by atoms with E-state index in [9.17, 15) is 0 Å². The second kappa shape index (κ2) is 5.55. The number of nitrogens with two attached hydrogens (primary N) is 1. The topological polar surface area (TPSA) is 29.3 Å². The summed E-state index contributed by atoms with van der Waals surface area (Å²) in [4.78, 5) is 2.59. The monoisotopic (exact) mass is 170 g/mol. The average molecular weight is 170 g/mol. The van der Waals surface area contributed by atoms with Crippen molar-refractivity contribution in [2.24, 2.45) is 11.7 Å². The summed E-state index contributed by atoms with van der Waals surface area (Å²) in [5.74, 6) is 0.975. The van der Waals surface area contributed by atoms with Crippen molar-refractivity contribution in [1.29, 1.82) is 0 Å². The smallest absolute Gasteiger partial charge is 0.00100 e. The maximum absolute atomic E-state index is 5.45. The fraction of sp³-hybridized carbons (Fsp3) is 1.00. The molecule has 0 radical (unpaired) electrons. The molecule has 1 rings (SSSR count). The molecule has 1 fully saturated rings. The number of likely N-dealkylation sites (tertiary alicyclic amines) is 1. The van der Waals surface area contributed by atoms with E-state index >= 15 is 0 Å². The predicted octanol–water partition coefficient (Wildman–Crippen LogP) is 1.46. The highest BCUT2D eigenvalue weighted by Gasteiger charge is 2.19. The van der Waals surface area contributed by atoms with Crippen LogP contribution in [0.5, 0.6) is 0 Å². The summed E-state index contributed by atoms with van der Waals surface area (Å²) in [6.07, 6.45) is 5.24. The predicted molar refractivity (Wildman–Crippen MR) is 53.1 cm³/mol. The van der Waals surface area contributed by atoms with Crippen molar-refractivity contribution in [3.8, 4) is 0 Å². The van der Waals surface area contributed by atoms with Crippen molar-refractivity contribution >= 4 is 0 Å². The zero-order valence-electron chi connectivity index (χ0n) is 8.26. The summed E-state index contributed by atoms with van der Waals surface area (Å²) in [5.41, 5.74) is 5.45. The molecule has 0 saturated carbocycles. The van der Waals surface area contributed by atoms with Gasteiger partial charge in [0.25, 0.3) is 0 Å². The molecule has 0 aromatic carbocycles. The van der Waals surface area contributed by atoms with Crippen LogP contribution in [0.4, 0.5) is 0 Å². The minimum atomic E-state index is 0.852. The Labute approximate surface area is 76.1 Å².